The van der Waals surface area contributed by atoms with Crippen molar-refractivity contribution in [3.05, 3.63) is 86.7 Å². The molecule has 1 aromatic heterocycles. The summed E-state index contributed by atoms with van der Waals surface area (Å²) in [5.41, 5.74) is 5.72. The molecule has 7 heteroatoms. The van der Waals surface area contributed by atoms with Gasteiger partial charge in [-0.1, -0.05) is 0 Å². The van der Waals surface area contributed by atoms with Crippen molar-refractivity contribution in [3.8, 4) is 5.69 Å². The molecule has 0 bridgehead atoms. The van der Waals surface area contributed by atoms with Gasteiger partial charge >= 0.3 is 5.97 Å². The topological polar surface area (TPSA) is 86.7 Å². The van der Waals surface area contributed by atoms with Gasteiger partial charge in [-0.3, -0.25) is 15.1 Å². The van der Waals surface area contributed by atoms with E-state index in [1.165, 1.54) is 6.07 Å². The van der Waals surface area contributed by atoms with Crippen molar-refractivity contribution in [1.82, 2.24) is 4.57 Å². The van der Waals surface area contributed by atoms with E-state index in [-0.39, 0.29) is 11.7 Å². The van der Waals surface area contributed by atoms with E-state index >= 15 is 0 Å². The standard InChI is InChI=1S/C23H23N3O4/c1-5-30-23(27)18-6-9-21(10-7-18)25-16(3)13-19(17(25)4)14-24-20-8-11-22(26(28)29)15(2)12-20/h6-14H,5H2,1-4H3. The molecule has 0 N–H and O–H groups in total. The van der Waals surface area contributed by atoms with Crippen LogP contribution in [0.5, 0.6) is 0 Å². The Morgan fingerprint density at radius 3 is 2.43 bits per heavy atom. The van der Waals surface area contributed by atoms with Gasteiger partial charge in [-0.15, -0.1) is 0 Å². The average Bonchev–Trinajstić information content (AvgIpc) is 2.99. The van der Waals surface area contributed by atoms with Gasteiger partial charge in [-0.05, 0) is 70.2 Å². The summed E-state index contributed by atoms with van der Waals surface area (Å²) >= 11 is 0. The van der Waals surface area contributed by atoms with Gasteiger partial charge in [0.25, 0.3) is 5.69 Å². The molecule has 154 valence electrons. The number of hydrogen-bond donors (Lipinski definition) is 0. The van der Waals surface area contributed by atoms with Gasteiger partial charge in [0.1, 0.15) is 0 Å². The second-order valence-corrected chi connectivity index (χ2v) is 6.92. The molecule has 3 aromatic rings. The first-order chi connectivity index (χ1) is 14.3. The number of nitro groups is 1. The maximum absolute atomic E-state index is 11.8. The molecule has 0 saturated carbocycles. The van der Waals surface area contributed by atoms with E-state index in [9.17, 15) is 14.9 Å². The van der Waals surface area contributed by atoms with Gasteiger partial charge < -0.3 is 9.30 Å². The van der Waals surface area contributed by atoms with E-state index in [0.717, 1.165) is 22.6 Å². The first kappa shape index (κ1) is 21.0. The van der Waals surface area contributed by atoms with Crippen molar-refractivity contribution < 1.29 is 14.5 Å². The summed E-state index contributed by atoms with van der Waals surface area (Å²) < 4.78 is 7.11. The van der Waals surface area contributed by atoms with Crippen LogP contribution in [-0.2, 0) is 4.74 Å². The van der Waals surface area contributed by atoms with Crippen LogP contribution in [0.3, 0.4) is 0 Å². The predicted molar refractivity (Wildman–Crippen MR) is 116 cm³/mol. The molecule has 0 radical (unpaired) electrons. The third-order valence-electron chi connectivity index (χ3n) is 4.84. The Balaban J connectivity index is 1.87. The van der Waals surface area contributed by atoms with Crippen molar-refractivity contribution >= 4 is 23.6 Å². The number of aromatic nitrogens is 1. The Morgan fingerprint density at radius 2 is 1.83 bits per heavy atom. The van der Waals surface area contributed by atoms with Crippen LogP contribution >= 0.6 is 0 Å². The van der Waals surface area contributed by atoms with Gasteiger partial charge in [0, 0.05) is 40.5 Å². The van der Waals surface area contributed by atoms with Gasteiger partial charge in [-0.2, -0.15) is 0 Å². The molecule has 0 unspecified atom stereocenters. The van der Waals surface area contributed by atoms with Crippen LogP contribution < -0.4 is 0 Å². The Labute approximate surface area is 174 Å². The van der Waals surface area contributed by atoms with Gasteiger partial charge in [0.2, 0.25) is 0 Å². The minimum Gasteiger partial charge on any atom is -0.462 e. The number of aryl methyl sites for hydroxylation is 2. The maximum Gasteiger partial charge on any atom is 0.338 e. The van der Waals surface area contributed by atoms with Crippen LogP contribution in [0.15, 0.2) is 53.5 Å². The molecular formula is C23H23N3O4. The molecule has 0 aliphatic carbocycles. The lowest BCUT2D eigenvalue weighted by atomic mass is 10.2. The fourth-order valence-electron chi connectivity index (χ4n) is 3.35. The normalized spacial score (nSPS) is 11.1. The summed E-state index contributed by atoms with van der Waals surface area (Å²) in [5, 5.41) is 11.0. The molecule has 30 heavy (non-hydrogen) atoms. The highest BCUT2D eigenvalue weighted by Crippen LogP contribution is 2.25. The minimum absolute atomic E-state index is 0.0818. The maximum atomic E-state index is 11.8. The number of nitrogens with zero attached hydrogens (tertiary/aromatic N) is 3. The molecule has 3 rings (SSSR count). The fraction of sp³-hybridized carbons (Fsp3) is 0.217. The van der Waals surface area contributed by atoms with Crippen LogP contribution in [0.2, 0.25) is 0 Å². The number of ether oxygens (including phenoxy) is 1. The van der Waals surface area contributed by atoms with E-state index in [1.807, 2.05) is 32.0 Å². The second-order valence-electron chi connectivity index (χ2n) is 6.92. The summed E-state index contributed by atoms with van der Waals surface area (Å²) in [7, 11) is 0. The third-order valence-corrected chi connectivity index (χ3v) is 4.84. The fourth-order valence-corrected chi connectivity index (χ4v) is 3.35. The Kier molecular flexibility index (Phi) is 6.11. The van der Waals surface area contributed by atoms with Crippen molar-refractivity contribution in [2.75, 3.05) is 6.61 Å². The summed E-state index contributed by atoms with van der Waals surface area (Å²) in [5.74, 6) is -0.337. The monoisotopic (exact) mass is 405 g/mol. The molecule has 0 amide bonds. The van der Waals surface area contributed by atoms with Gasteiger partial charge in [-0.25, -0.2) is 4.79 Å². The summed E-state index contributed by atoms with van der Waals surface area (Å²) in [4.78, 5) is 26.9. The lowest BCUT2D eigenvalue weighted by Crippen LogP contribution is -2.05. The first-order valence-electron chi connectivity index (χ1n) is 9.57. The second kappa shape index (κ2) is 8.73. The largest absolute Gasteiger partial charge is 0.462 e. The van der Waals surface area contributed by atoms with Crippen molar-refractivity contribution in [2.45, 2.75) is 27.7 Å². The third kappa shape index (κ3) is 4.30. The molecule has 0 aliphatic heterocycles. The zero-order chi connectivity index (χ0) is 21.8. The number of nitro benzene ring substituents is 1. The van der Waals surface area contributed by atoms with Gasteiger partial charge in [0.15, 0.2) is 0 Å². The zero-order valence-corrected chi connectivity index (χ0v) is 17.4. The zero-order valence-electron chi connectivity index (χ0n) is 17.4. The molecule has 0 spiro atoms. The molecule has 0 aliphatic rings. The molecule has 0 fully saturated rings. The van der Waals surface area contributed by atoms with Crippen molar-refractivity contribution in [2.24, 2.45) is 4.99 Å². The highest BCUT2D eigenvalue weighted by atomic mass is 16.6. The molecule has 7 nitrogen and oxygen atoms in total. The summed E-state index contributed by atoms with van der Waals surface area (Å²) in [6.45, 7) is 7.81. The number of hydrogen-bond acceptors (Lipinski definition) is 5. The smallest absolute Gasteiger partial charge is 0.338 e. The van der Waals surface area contributed by atoms with Crippen molar-refractivity contribution in [1.29, 1.82) is 0 Å². The van der Waals surface area contributed by atoms with Gasteiger partial charge in [0.05, 0.1) is 22.8 Å². The van der Waals surface area contributed by atoms with E-state index in [2.05, 4.69) is 9.56 Å². The van der Waals surface area contributed by atoms with E-state index in [0.29, 0.717) is 23.4 Å². The number of rotatable bonds is 6. The molecule has 0 saturated heterocycles. The summed E-state index contributed by atoms with van der Waals surface area (Å²) in [6.07, 6.45) is 1.76. The lowest BCUT2D eigenvalue weighted by molar-refractivity contribution is -0.385. The average molecular weight is 405 g/mol. The Bertz CT molecular complexity index is 1130. The van der Waals surface area contributed by atoms with Crippen LogP contribution in [0.1, 0.15) is 39.8 Å². The van der Waals surface area contributed by atoms with E-state index in [1.54, 1.807) is 44.3 Å². The Hall–Kier alpha value is -3.74. The molecular weight excluding hydrogens is 382 g/mol. The Morgan fingerprint density at radius 1 is 1.13 bits per heavy atom. The molecule has 1 heterocycles. The number of aliphatic imine (C=N–C) groups is 1. The highest BCUT2D eigenvalue weighted by Gasteiger charge is 2.12. The number of carbonyl (C=O) groups is 1. The predicted octanol–water partition coefficient (Wildman–Crippen LogP) is 5.24. The number of carbonyl (C=O) groups excluding carboxylic acids is 1. The first-order valence-corrected chi connectivity index (χ1v) is 9.57. The SMILES string of the molecule is CCOC(=O)c1ccc(-n2c(C)cc(C=Nc3ccc([N+](=O)[O-])c(C)c3)c2C)cc1. The van der Waals surface area contributed by atoms with Crippen LogP contribution in [0, 0.1) is 30.9 Å². The molecule has 0 atom stereocenters. The lowest BCUT2D eigenvalue weighted by Gasteiger charge is -2.10. The van der Waals surface area contributed by atoms with Crippen molar-refractivity contribution in [3.63, 3.8) is 0 Å². The number of esters is 1. The van der Waals surface area contributed by atoms with E-state index < -0.39 is 4.92 Å². The van der Waals surface area contributed by atoms with E-state index in [4.69, 9.17) is 4.74 Å². The van der Waals surface area contributed by atoms with Crippen LogP contribution in [0.25, 0.3) is 5.69 Å². The quantitative estimate of drug-likeness (QED) is 0.243. The van der Waals surface area contributed by atoms with Crippen LogP contribution in [0.4, 0.5) is 11.4 Å². The van der Waals surface area contributed by atoms with Crippen LogP contribution in [-0.4, -0.2) is 28.3 Å². The summed E-state index contributed by atoms with van der Waals surface area (Å²) in [6, 6.07) is 14.1. The number of benzene rings is 2. The highest BCUT2D eigenvalue weighted by molar-refractivity contribution is 5.89. The minimum atomic E-state index is -0.399. The molecule has 2 aromatic carbocycles.